The van der Waals surface area contributed by atoms with Crippen LogP contribution >= 0.6 is 0 Å². The Morgan fingerprint density at radius 3 is 3.29 bits per heavy atom. The topological polar surface area (TPSA) is 64.1 Å². The van der Waals surface area contributed by atoms with Gasteiger partial charge in [-0.2, -0.15) is 0 Å². The number of methoxy groups -OCH3 is 1. The summed E-state index contributed by atoms with van der Waals surface area (Å²) in [5, 5.41) is 3.18. The highest BCUT2D eigenvalue weighted by Gasteiger charge is 2.15. The van der Waals surface area contributed by atoms with Crippen molar-refractivity contribution < 1.29 is 9.53 Å². The second kappa shape index (κ2) is 3.71. The van der Waals surface area contributed by atoms with Crippen LogP contribution in [0.25, 0.3) is 0 Å². The molecule has 2 heterocycles. The van der Waals surface area contributed by atoms with E-state index in [1.807, 2.05) is 0 Å². The summed E-state index contributed by atoms with van der Waals surface area (Å²) in [4.78, 5) is 19.2. The van der Waals surface area contributed by atoms with Gasteiger partial charge in [-0.05, 0) is 18.5 Å². The molecule has 2 rings (SSSR count). The molecule has 5 nitrogen and oxygen atoms in total. The summed E-state index contributed by atoms with van der Waals surface area (Å²) in [6.07, 6.45) is 2.62. The van der Waals surface area contributed by atoms with Crippen LogP contribution < -0.4 is 5.32 Å². The molecule has 0 unspecified atom stereocenters. The summed E-state index contributed by atoms with van der Waals surface area (Å²) >= 11 is 0. The monoisotopic (exact) mass is 193 g/mol. The molecule has 0 aromatic carbocycles. The first-order valence-electron chi connectivity index (χ1n) is 4.45. The van der Waals surface area contributed by atoms with Crippen LogP contribution in [0, 0.1) is 0 Å². The Hall–Kier alpha value is -1.49. The first-order valence-corrected chi connectivity index (χ1v) is 4.45. The molecular weight excluding hydrogens is 182 g/mol. The van der Waals surface area contributed by atoms with Crippen LogP contribution in [0.5, 0.6) is 0 Å². The largest absolute Gasteiger partial charge is 0.463 e. The molecule has 0 fully saturated rings. The smallest absolute Gasteiger partial charge is 0.376 e. The summed E-state index contributed by atoms with van der Waals surface area (Å²) in [7, 11) is 1.32. The Labute approximate surface area is 81.5 Å². The lowest BCUT2D eigenvalue weighted by Gasteiger charge is -2.15. The van der Waals surface area contributed by atoms with Crippen LogP contribution in [0.15, 0.2) is 6.20 Å². The first-order chi connectivity index (χ1) is 6.81. The van der Waals surface area contributed by atoms with E-state index in [9.17, 15) is 4.79 Å². The van der Waals surface area contributed by atoms with Gasteiger partial charge in [0.15, 0.2) is 0 Å². The van der Waals surface area contributed by atoms with E-state index in [1.165, 1.54) is 7.11 Å². The first kappa shape index (κ1) is 9.08. The second-order valence-corrected chi connectivity index (χ2v) is 3.08. The molecule has 14 heavy (non-hydrogen) atoms. The van der Waals surface area contributed by atoms with E-state index in [0.717, 1.165) is 24.2 Å². The number of aromatic nitrogens is 2. The van der Waals surface area contributed by atoms with Crippen LogP contribution in [0.4, 0.5) is 0 Å². The Bertz CT molecular complexity index is 365. The van der Waals surface area contributed by atoms with Crippen LogP contribution in [-0.4, -0.2) is 29.6 Å². The van der Waals surface area contributed by atoms with E-state index in [-0.39, 0.29) is 5.82 Å². The van der Waals surface area contributed by atoms with Gasteiger partial charge in [0.1, 0.15) is 0 Å². The molecule has 0 saturated carbocycles. The van der Waals surface area contributed by atoms with Gasteiger partial charge in [-0.25, -0.2) is 14.8 Å². The number of carbonyl (C=O) groups is 1. The number of hydrogen-bond acceptors (Lipinski definition) is 5. The minimum atomic E-state index is -0.488. The van der Waals surface area contributed by atoms with Crippen molar-refractivity contribution in [3.8, 4) is 0 Å². The van der Waals surface area contributed by atoms with E-state index in [1.54, 1.807) is 6.20 Å². The lowest BCUT2D eigenvalue weighted by atomic mass is 10.1. The van der Waals surface area contributed by atoms with Crippen molar-refractivity contribution in [2.75, 3.05) is 13.7 Å². The van der Waals surface area contributed by atoms with Crippen LogP contribution in [0.3, 0.4) is 0 Å². The van der Waals surface area contributed by atoms with Gasteiger partial charge in [0.25, 0.3) is 0 Å². The fraction of sp³-hybridized carbons (Fsp3) is 0.444. The third-order valence-electron chi connectivity index (χ3n) is 2.19. The van der Waals surface area contributed by atoms with Crippen molar-refractivity contribution in [2.24, 2.45) is 0 Å². The molecule has 0 atom stereocenters. The number of ether oxygens (including phenoxy) is 1. The lowest BCUT2D eigenvalue weighted by Crippen LogP contribution is -2.26. The summed E-state index contributed by atoms with van der Waals surface area (Å²) < 4.78 is 4.54. The highest BCUT2D eigenvalue weighted by atomic mass is 16.5. The zero-order valence-corrected chi connectivity index (χ0v) is 7.91. The molecule has 0 amide bonds. The molecule has 0 aliphatic carbocycles. The van der Waals surface area contributed by atoms with Gasteiger partial charge in [-0.15, -0.1) is 0 Å². The van der Waals surface area contributed by atoms with E-state index >= 15 is 0 Å². The average molecular weight is 193 g/mol. The van der Waals surface area contributed by atoms with Crippen LogP contribution in [-0.2, 0) is 17.7 Å². The molecule has 1 aliphatic rings. The third kappa shape index (κ3) is 1.58. The fourth-order valence-electron chi connectivity index (χ4n) is 1.42. The molecule has 0 saturated heterocycles. The number of fused-ring (bicyclic) bond motifs is 1. The summed E-state index contributed by atoms with van der Waals surface area (Å²) in [5.41, 5.74) is 2.00. The predicted molar refractivity (Wildman–Crippen MR) is 48.8 cm³/mol. The van der Waals surface area contributed by atoms with Gasteiger partial charge in [-0.1, -0.05) is 0 Å². The maximum Gasteiger partial charge on any atom is 0.376 e. The Morgan fingerprint density at radius 1 is 1.64 bits per heavy atom. The summed E-state index contributed by atoms with van der Waals surface area (Å²) in [6.45, 7) is 1.63. The molecule has 0 spiro atoms. The molecule has 1 aliphatic heterocycles. The normalized spacial score (nSPS) is 14.6. The van der Waals surface area contributed by atoms with Crippen molar-refractivity contribution in [3.05, 3.63) is 23.3 Å². The molecule has 1 aromatic heterocycles. The number of nitrogens with zero attached hydrogens (tertiary/aromatic N) is 2. The lowest BCUT2D eigenvalue weighted by molar-refractivity contribution is 0.0586. The van der Waals surface area contributed by atoms with Crippen molar-refractivity contribution in [2.45, 2.75) is 13.0 Å². The standard InChI is InChI=1S/C9H11N3O2/c1-14-9(13)8-11-4-6-2-3-10-5-7(6)12-8/h4,10H,2-3,5H2,1H3. The van der Waals surface area contributed by atoms with Gasteiger partial charge in [0.05, 0.1) is 12.8 Å². The summed E-state index contributed by atoms with van der Waals surface area (Å²) in [6, 6.07) is 0. The number of rotatable bonds is 1. The van der Waals surface area contributed by atoms with Gasteiger partial charge < -0.3 is 10.1 Å². The molecule has 0 radical (unpaired) electrons. The van der Waals surface area contributed by atoms with E-state index in [0.29, 0.717) is 6.54 Å². The Balaban J connectivity index is 2.33. The van der Waals surface area contributed by atoms with E-state index in [4.69, 9.17) is 0 Å². The van der Waals surface area contributed by atoms with Gasteiger partial charge in [0, 0.05) is 12.7 Å². The quantitative estimate of drug-likeness (QED) is 0.631. The maximum atomic E-state index is 11.1. The number of esters is 1. The minimum Gasteiger partial charge on any atom is -0.463 e. The summed E-state index contributed by atoms with van der Waals surface area (Å²) in [5.74, 6) is -0.353. The van der Waals surface area contributed by atoms with Crippen molar-refractivity contribution in [1.82, 2.24) is 15.3 Å². The number of carbonyl (C=O) groups excluding carboxylic acids is 1. The Kier molecular flexibility index (Phi) is 2.41. The molecule has 1 N–H and O–H groups in total. The molecule has 1 aromatic rings. The zero-order valence-electron chi connectivity index (χ0n) is 7.91. The highest BCUT2D eigenvalue weighted by molar-refractivity contribution is 5.84. The van der Waals surface area contributed by atoms with Gasteiger partial charge in [0.2, 0.25) is 5.82 Å². The number of nitrogens with one attached hydrogen (secondary N) is 1. The van der Waals surface area contributed by atoms with E-state index < -0.39 is 5.97 Å². The van der Waals surface area contributed by atoms with Crippen molar-refractivity contribution >= 4 is 5.97 Å². The second-order valence-electron chi connectivity index (χ2n) is 3.08. The fourth-order valence-corrected chi connectivity index (χ4v) is 1.42. The SMILES string of the molecule is COC(=O)c1ncc2c(n1)CNCC2. The molecule has 0 bridgehead atoms. The van der Waals surface area contributed by atoms with Gasteiger partial charge in [-0.3, -0.25) is 0 Å². The molecule has 5 heteroatoms. The minimum absolute atomic E-state index is 0.134. The third-order valence-corrected chi connectivity index (χ3v) is 2.19. The van der Waals surface area contributed by atoms with Crippen LogP contribution in [0.1, 0.15) is 21.9 Å². The molecular formula is C9H11N3O2. The van der Waals surface area contributed by atoms with Crippen LogP contribution in [0.2, 0.25) is 0 Å². The molecule has 74 valence electrons. The van der Waals surface area contributed by atoms with E-state index in [2.05, 4.69) is 20.0 Å². The Morgan fingerprint density at radius 2 is 2.50 bits per heavy atom. The van der Waals surface area contributed by atoms with Crippen molar-refractivity contribution in [1.29, 1.82) is 0 Å². The highest BCUT2D eigenvalue weighted by Crippen LogP contribution is 2.10. The van der Waals surface area contributed by atoms with Crippen molar-refractivity contribution in [3.63, 3.8) is 0 Å². The number of hydrogen-bond donors (Lipinski definition) is 1. The van der Waals surface area contributed by atoms with Gasteiger partial charge >= 0.3 is 5.97 Å². The predicted octanol–water partition coefficient (Wildman–Crippen LogP) is -0.0911. The zero-order chi connectivity index (χ0) is 9.97. The maximum absolute atomic E-state index is 11.1. The average Bonchev–Trinajstić information content (AvgIpc) is 2.27.